The standard InChI is InChI=1S/C14H24N2O2/c1-3-18-13-8-4-7-12(14(13)15)16-9-5-6-11(2)10-17/h4,7-8,11,16-17H,3,5-6,9-10,15H2,1-2H3. The molecular formula is C14H24N2O2. The lowest BCUT2D eigenvalue weighted by atomic mass is 10.1. The first-order valence-corrected chi connectivity index (χ1v) is 6.55. The van der Waals surface area contributed by atoms with Crippen molar-refractivity contribution < 1.29 is 9.84 Å². The third-order valence-electron chi connectivity index (χ3n) is 2.87. The van der Waals surface area contributed by atoms with E-state index in [4.69, 9.17) is 15.6 Å². The molecule has 102 valence electrons. The number of nitrogens with two attached hydrogens (primary N) is 1. The predicted octanol–water partition coefficient (Wildman–Crippen LogP) is 2.49. The van der Waals surface area contributed by atoms with Crippen molar-refractivity contribution in [2.75, 3.05) is 30.8 Å². The topological polar surface area (TPSA) is 67.5 Å². The number of benzene rings is 1. The monoisotopic (exact) mass is 252 g/mol. The van der Waals surface area contributed by atoms with Crippen LogP contribution >= 0.6 is 0 Å². The minimum absolute atomic E-state index is 0.252. The van der Waals surface area contributed by atoms with Crippen molar-refractivity contribution in [2.45, 2.75) is 26.7 Å². The molecule has 1 rings (SSSR count). The molecule has 0 aliphatic rings. The molecule has 4 N–H and O–H groups in total. The maximum absolute atomic E-state index is 8.93. The molecule has 4 heteroatoms. The molecule has 0 heterocycles. The van der Waals surface area contributed by atoms with E-state index in [-0.39, 0.29) is 6.61 Å². The number of nitrogen functional groups attached to an aromatic ring is 1. The molecule has 18 heavy (non-hydrogen) atoms. The van der Waals surface area contributed by atoms with Gasteiger partial charge in [0.05, 0.1) is 18.0 Å². The molecule has 1 aromatic rings. The maximum atomic E-state index is 8.93. The van der Waals surface area contributed by atoms with Crippen molar-refractivity contribution in [3.63, 3.8) is 0 Å². The number of nitrogens with one attached hydrogen (secondary N) is 1. The highest BCUT2D eigenvalue weighted by atomic mass is 16.5. The minimum Gasteiger partial charge on any atom is -0.492 e. The quantitative estimate of drug-likeness (QED) is 0.491. The molecule has 1 atom stereocenters. The van der Waals surface area contributed by atoms with Gasteiger partial charge in [0.1, 0.15) is 5.75 Å². The van der Waals surface area contributed by atoms with E-state index >= 15 is 0 Å². The largest absolute Gasteiger partial charge is 0.492 e. The Labute approximate surface area is 109 Å². The Morgan fingerprint density at radius 3 is 2.89 bits per heavy atom. The van der Waals surface area contributed by atoms with Crippen molar-refractivity contribution in [1.82, 2.24) is 0 Å². The fourth-order valence-electron chi connectivity index (χ4n) is 1.74. The maximum Gasteiger partial charge on any atom is 0.144 e. The summed E-state index contributed by atoms with van der Waals surface area (Å²) in [6.45, 7) is 5.70. The van der Waals surface area contributed by atoms with Gasteiger partial charge in [0.2, 0.25) is 0 Å². The first-order valence-electron chi connectivity index (χ1n) is 6.55. The van der Waals surface area contributed by atoms with E-state index in [0.717, 1.165) is 30.8 Å². The summed E-state index contributed by atoms with van der Waals surface area (Å²) in [6.07, 6.45) is 2.02. The predicted molar refractivity (Wildman–Crippen MR) is 76.0 cm³/mol. The van der Waals surface area contributed by atoms with Gasteiger partial charge < -0.3 is 20.9 Å². The molecule has 4 nitrogen and oxygen atoms in total. The number of rotatable bonds is 8. The smallest absolute Gasteiger partial charge is 0.144 e. The molecule has 0 radical (unpaired) electrons. The Morgan fingerprint density at radius 1 is 1.44 bits per heavy atom. The Kier molecular flexibility index (Phi) is 6.36. The van der Waals surface area contributed by atoms with Crippen LogP contribution in [0.1, 0.15) is 26.7 Å². The zero-order valence-electron chi connectivity index (χ0n) is 11.3. The van der Waals surface area contributed by atoms with Crippen LogP contribution in [0.5, 0.6) is 5.75 Å². The highest BCUT2D eigenvalue weighted by Crippen LogP contribution is 2.29. The van der Waals surface area contributed by atoms with Crippen LogP contribution in [0.2, 0.25) is 0 Å². The van der Waals surface area contributed by atoms with Crippen LogP contribution in [0.15, 0.2) is 18.2 Å². The molecule has 1 unspecified atom stereocenters. The third-order valence-corrected chi connectivity index (χ3v) is 2.87. The Morgan fingerprint density at radius 2 is 2.22 bits per heavy atom. The fourth-order valence-corrected chi connectivity index (χ4v) is 1.74. The second-order valence-electron chi connectivity index (χ2n) is 4.51. The highest BCUT2D eigenvalue weighted by molar-refractivity contribution is 5.72. The summed E-state index contributed by atoms with van der Waals surface area (Å²) in [5.74, 6) is 1.09. The van der Waals surface area contributed by atoms with E-state index in [2.05, 4.69) is 5.32 Å². The Bertz CT molecular complexity index is 356. The molecule has 0 aliphatic carbocycles. The number of hydrogen-bond donors (Lipinski definition) is 3. The summed E-state index contributed by atoms with van der Waals surface area (Å²) >= 11 is 0. The van der Waals surface area contributed by atoms with Crippen LogP contribution in [0.3, 0.4) is 0 Å². The number of aliphatic hydroxyl groups excluding tert-OH is 1. The van der Waals surface area contributed by atoms with Crippen LogP contribution in [-0.4, -0.2) is 24.9 Å². The van der Waals surface area contributed by atoms with Crippen LogP contribution in [0.25, 0.3) is 0 Å². The van der Waals surface area contributed by atoms with Gasteiger partial charge in [-0.2, -0.15) is 0 Å². The number of para-hydroxylation sites is 1. The van der Waals surface area contributed by atoms with Crippen LogP contribution in [0, 0.1) is 5.92 Å². The third kappa shape index (κ3) is 4.45. The van der Waals surface area contributed by atoms with Crippen LogP contribution in [0.4, 0.5) is 11.4 Å². The van der Waals surface area contributed by atoms with Crippen LogP contribution in [-0.2, 0) is 0 Å². The van der Waals surface area contributed by atoms with Gasteiger partial charge in [-0.15, -0.1) is 0 Å². The number of anilines is 2. The van der Waals surface area contributed by atoms with E-state index in [0.29, 0.717) is 18.2 Å². The van der Waals surface area contributed by atoms with Gasteiger partial charge in [-0.3, -0.25) is 0 Å². The summed E-state index contributed by atoms with van der Waals surface area (Å²) < 4.78 is 5.44. The second kappa shape index (κ2) is 7.82. The molecule has 0 fully saturated rings. The van der Waals surface area contributed by atoms with E-state index in [9.17, 15) is 0 Å². The van der Waals surface area contributed by atoms with Crippen molar-refractivity contribution in [3.8, 4) is 5.75 Å². The van der Waals surface area contributed by atoms with Gasteiger partial charge in [-0.25, -0.2) is 0 Å². The van der Waals surface area contributed by atoms with Crippen molar-refractivity contribution in [1.29, 1.82) is 0 Å². The minimum atomic E-state index is 0.252. The lowest BCUT2D eigenvalue weighted by Crippen LogP contribution is -2.08. The van der Waals surface area contributed by atoms with E-state index in [1.807, 2.05) is 32.0 Å². The van der Waals surface area contributed by atoms with Crippen molar-refractivity contribution >= 4 is 11.4 Å². The van der Waals surface area contributed by atoms with Gasteiger partial charge in [0, 0.05) is 13.2 Å². The molecule has 0 spiro atoms. The summed E-state index contributed by atoms with van der Waals surface area (Å²) in [6, 6.07) is 5.76. The van der Waals surface area contributed by atoms with Gasteiger partial charge in [-0.1, -0.05) is 13.0 Å². The molecule has 0 aromatic heterocycles. The van der Waals surface area contributed by atoms with Crippen molar-refractivity contribution in [3.05, 3.63) is 18.2 Å². The summed E-state index contributed by atoms with van der Waals surface area (Å²) in [5, 5.41) is 12.2. The van der Waals surface area contributed by atoms with Crippen LogP contribution < -0.4 is 15.8 Å². The zero-order valence-corrected chi connectivity index (χ0v) is 11.3. The molecule has 0 saturated heterocycles. The average Bonchev–Trinajstić information content (AvgIpc) is 2.38. The van der Waals surface area contributed by atoms with Gasteiger partial charge in [0.15, 0.2) is 0 Å². The number of aliphatic hydroxyl groups is 1. The molecule has 0 bridgehead atoms. The van der Waals surface area contributed by atoms with Gasteiger partial charge in [0.25, 0.3) is 0 Å². The van der Waals surface area contributed by atoms with E-state index in [1.54, 1.807) is 0 Å². The second-order valence-corrected chi connectivity index (χ2v) is 4.51. The number of hydrogen-bond acceptors (Lipinski definition) is 4. The first-order chi connectivity index (χ1) is 8.69. The summed E-state index contributed by atoms with van der Waals surface area (Å²) in [7, 11) is 0. The van der Waals surface area contributed by atoms with E-state index < -0.39 is 0 Å². The van der Waals surface area contributed by atoms with Gasteiger partial charge >= 0.3 is 0 Å². The molecule has 0 saturated carbocycles. The zero-order chi connectivity index (χ0) is 13.4. The normalized spacial score (nSPS) is 12.2. The van der Waals surface area contributed by atoms with Crippen molar-refractivity contribution in [2.24, 2.45) is 5.92 Å². The van der Waals surface area contributed by atoms with E-state index in [1.165, 1.54) is 0 Å². The lowest BCUT2D eigenvalue weighted by Gasteiger charge is -2.13. The number of ether oxygens (including phenoxy) is 1. The molecule has 0 amide bonds. The highest BCUT2D eigenvalue weighted by Gasteiger charge is 2.05. The Hall–Kier alpha value is -1.42. The first kappa shape index (κ1) is 14.6. The molecular weight excluding hydrogens is 228 g/mol. The lowest BCUT2D eigenvalue weighted by molar-refractivity contribution is 0.229. The summed E-state index contributed by atoms with van der Waals surface area (Å²) in [4.78, 5) is 0. The average molecular weight is 252 g/mol. The Balaban J connectivity index is 2.44. The molecule has 0 aliphatic heterocycles. The molecule has 1 aromatic carbocycles. The fraction of sp³-hybridized carbons (Fsp3) is 0.571. The SMILES string of the molecule is CCOc1cccc(NCCCC(C)CO)c1N. The summed E-state index contributed by atoms with van der Waals surface area (Å²) in [5.41, 5.74) is 7.59. The van der Waals surface area contributed by atoms with Gasteiger partial charge in [-0.05, 0) is 37.8 Å².